The second kappa shape index (κ2) is 10.2. The number of benzene rings is 3. The Morgan fingerprint density at radius 2 is 1.83 bits per heavy atom. The number of aryl methyl sites for hydroxylation is 1. The zero-order valence-corrected chi connectivity index (χ0v) is 21.1. The standard InChI is InChI=1S/C30H33N3O3/c1-20(2)22-11-13-26(14-12-22)36-19-25(34)18-33-28-10-5-4-9-27(28)31-30(33)23-16-29(35)32(17-23)24-8-6-7-21(3)15-24/h4-15,20,23,25,34H,16-19H2,1-3H3/t23-,25+/m0/s1. The van der Waals surface area contributed by atoms with Crippen molar-refractivity contribution < 1.29 is 14.6 Å². The lowest BCUT2D eigenvalue weighted by atomic mass is 10.0. The number of aliphatic hydroxyl groups is 1. The molecule has 36 heavy (non-hydrogen) atoms. The molecule has 6 heteroatoms. The van der Waals surface area contributed by atoms with Gasteiger partial charge in [0.05, 0.1) is 17.6 Å². The molecule has 1 N–H and O–H groups in total. The maximum absolute atomic E-state index is 13.0. The molecule has 1 aliphatic heterocycles. The van der Waals surface area contributed by atoms with Crippen molar-refractivity contribution in [1.82, 2.24) is 9.55 Å². The van der Waals surface area contributed by atoms with E-state index in [1.165, 1.54) is 5.56 Å². The van der Waals surface area contributed by atoms with E-state index in [1.54, 1.807) is 0 Å². The number of carbonyl (C=O) groups is 1. The van der Waals surface area contributed by atoms with Gasteiger partial charge in [0, 0.05) is 24.6 Å². The average Bonchev–Trinajstić information content (AvgIpc) is 3.43. The summed E-state index contributed by atoms with van der Waals surface area (Å²) in [5.74, 6) is 2.08. The van der Waals surface area contributed by atoms with E-state index >= 15 is 0 Å². The summed E-state index contributed by atoms with van der Waals surface area (Å²) in [6.45, 7) is 7.43. The van der Waals surface area contributed by atoms with Crippen molar-refractivity contribution in [1.29, 1.82) is 0 Å². The summed E-state index contributed by atoms with van der Waals surface area (Å²) in [5.41, 5.74) is 5.11. The number of ether oxygens (including phenoxy) is 1. The summed E-state index contributed by atoms with van der Waals surface area (Å²) >= 11 is 0. The van der Waals surface area contributed by atoms with Gasteiger partial charge in [0.25, 0.3) is 0 Å². The first kappa shape index (κ1) is 24.1. The van der Waals surface area contributed by atoms with Crippen molar-refractivity contribution in [3.05, 3.63) is 89.7 Å². The molecule has 0 radical (unpaired) electrons. The topological polar surface area (TPSA) is 67.6 Å². The van der Waals surface area contributed by atoms with Crippen LogP contribution in [0.2, 0.25) is 0 Å². The Kier molecular flexibility index (Phi) is 6.79. The number of para-hydroxylation sites is 2. The first-order valence-electron chi connectivity index (χ1n) is 12.6. The SMILES string of the molecule is Cc1cccc(N2C[C@@H](c3nc4ccccc4n3C[C@@H](O)COc3ccc(C(C)C)cc3)CC2=O)c1. The Morgan fingerprint density at radius 1 is 1.06 bits per heavy atom. The van der Waals surface area contributed by atoms with Crippen LogP contribution in [0.1, 0.15) is 49.1 Å². The van der Waals surface area contributed by atoms with Crippen LogP contribution in [0.4, 0.5) is 5.69 Å². The van der Waals surface area contributed by atoms with Crippen molar-refractivity contribution in [2.75, 3.05) is 18.1 Å². The van der Waals surface area contributed by atoms with E-state index in [0.717, 1.165) is 33.9 Å². The maximum atomic E-state index is 13.0. The number of hydrogen-bond donors (Lipinski definition) is 1. The molecule has 0 bridgehead atoms. The zero-order valence-electron chi connectivity index (χ0n) is 21.1. The summed E-state index contributed by atoms with van der Waals surface area (Å²) < 4.78 is 7.94. The van der Waals surface area contributed by atoms with Gasteiger partial charge in [-0.05, 0) is 60.4 Å². The number of aromatic nitrogens is 2. The van der Waals surface area contributed by atoms with Gasteiger partial charge >= 0.3 is 0 Å². The number of nitrogens with zero attached hydrogens (tertiary/aromatic N) is 3. The van der Waals surface area contributed by atoms with Gasteiger partial charge in [-0.25, -0.2) is 4.98 Å². The molecule has 1 aliphatic rings. The molecular formula is C30H33N3O3. The first-order chi connectivity index (χ1) is 17.4. The Balaban J connectivity index is 1.34. The van der Waals surface area contributed by atoms with Crippen molar-refractivity contribution in [2.45, 2.75) is 51.7 Å². The number of anilines is 1. The molecule has 2 heterocycles. The van der Waals surface area contributed by atoms with Gasteiger partial charge in [-0.2, -0.15) is 0 Å². The fourth-order valence-corrected chi connectivity index (χ4v) is 4.93. The molecule has 6 nitrogen and oxygen atoms in total. The van der Waals surface area contributed by atoms with Crippen LogP contribution in [0, 0.1) is 6.92 Å². The fourth-order valence-electron chi connectivity index (χ4n) is 4.93. The van der Waals surface area contributed by atoms with Crippen LogP contribution in [-0.4, -0.2) is 39.8 Å². The highest BCUT2D eigenvalue weighted by molar-refractivity contribution is 5.96. The lowest BCUT2D eigenvalue weighted by molar-refractivity contribution is -0.117. The number of fused-ring (bicyclic) bond motifs is 1. The van der Waals surface area contributed by atoms with E-state index < -0.39 is 6.10 Å². The fraction of sp³-hybridized carbons (Fsp3) is 0.333. The van der Waals surface area contributed by atoms with Crippen LogP contribution in [0.15, 0.2) is 72.8 Å². The van der Waals surface area contributed by atoms with E-state index in [9.17, 15) is 9.90 Å². The van der Waals surface area contributed by atoms with Gasteiger partial charge in [0.1, 0.15) is 24.3 Å². The predicted octanol–water partition coefficient (Wildman–Crippen LogP) is 5.43. The van der Waals surface area contributed by atoms with Crippen LogP contribution in [-0.2, 0) is 11.3 Å². The van der Waals surface area contributed by atoms with Crippen LogP contribution >= 0.6 is 0 Å². The quantitative estimate of drug-likeness (QED) is 0.363. The van der Waals surface area contributed by atoms with Crippen molar-refractivity contribution in [3.63, 3.8) is 0 Å². The molecule has 0 saturated carbocycles. The van der Waals surface area contributed by atoms with Crippen LogP contribution in [0.5, 0.6) is 5.75 Å². The van der Waals surface area contributed by atoms with Crippen molar-refractivity contribution in [3.8, 4) is 5.75 Å². The summed E-state index contributed by atoms with van der Waals surface area (Å²) in [6.07, 6.45) is -0.331. The number of aliphatic hydroxyl groups excluding tert-OH is 1. The largest absolute Gasteiger partial charge is 0.491 e. The minimum absolute atomic E-state index is 0.0536. The van der Waals surface area contributed by atoms with Gasteiger partial charge in [-0.15, -0.1) is 0 Å². The van der Waals surface area contributed by atoms with E-state index in [1.807, 2.05) is 72.5 Å². The van der Waals surface area contributed by atoms with Gasteiger partial charge < -0.3 is 19.3 Å². The van der Waals surface area contributed by atoms with Crippen LogP contribution in [0.3, 0.4) is 0 Å². The molecular weight excluding hydrogens is 450 g/mol. The average molecular weight is 484 g/mol. The van der Waals surface area contributed by atoms with Crippen LogP contribution in [0.25, 0.3) is 11.0 Å². The molecule has 1 fully saturated rings. The first-order valence-corrected chi connectivity index (χ1v) is 12.6. The molecule has 4 aromatic rings. The van der Waals surface area contributed by atoms with Gasteiger partial charge in [0.2, 0.25) is 5.91 Å². The number of rotatable bonds is 8. The summed E-state index contributed by atoms with van der Waals surface area (Å²) in [4.78, 5) is 19.7. The van der Waals surface area contributed by atoms with E-state index in [2.05, 4.69) is 30.5 Å². The Hall–Kier alpha value is -3.64. The molecule has 1 amide bonds. The Morgan fingerprint density at radius 3 is 2.58 bits per heavy atom. The van der Waals surface area contributed by atoms with Gasteiger partial charge in [-0.3, -0.25) is 4.79 Å². The normalized spacial score (nSPS) is 16.8. The monoisotopic (exact) mass is 483 g/mol. The predicted molar refractivity (Wildman–Crippen MR) is 143 cm³/mol. The number of hydrogen-bond acceptors (Lipinski definition) is 4. The molecule has 0 unspecified atom stereocenters. The van der Waals surface area contributed by atoms with Crippen molar-refractivity contribution in [2.24, 2.45) is 0 Å². The summed E-state index contributed by atoms with van der Waals surface area (Å²) in [6, 6.07) is 24.0. The third-order valence-corrected chi connectivity index (χ3v) is 6.87. The summed E-state index contributed by atoms with van der Waals surface area (Å²) in [5, 5.41) is 10.9. The minimum atomic E-state index is -0.726. The zero-order chi connectivity index (χ0) is 25.2. The molecule has 1 aromatic heterocycles. The van der Waals surface area contributed by atoms with Crippen molar-refractivity contribution >= 4 is 22.6 Å². The van der Waals surface area contributed by atoms with E-state index in [4.69, 9.17) is 9.72 Å². The number of amides is 1. The van der Waals surface area contributed by atoms with Gasteiger partial charge in [0.15, 0.2) is 0 Å². The minimum Gasteiger partial charge on any atom is -0.491 e. The summed E-state index contributed by atoms with van der Waals surface area (Å²) in [7, 11) is 0. The number of carbonyl (C=O) groups excluding carboxylic acids is 1. The third kappa shape index (κ3) is 5.00. The second-order valence-corrected chi connectivity index (χ2v) is 10.0. The molecule has 186 valence electrons. The maximum Gasteiger partial charge on any atom is 0.227 e. The highest BCUT2D eigenvalue weighted by Gasteiger charge is 2.35. The molecule has 3 aromatic carbocycles. The smallest absolute Gasteiger partial charge is 0.227 e. The van der Waals surface area contributed by atoms with E-state index in [0.29, 0.717) is 25.4 Å². The van der Waals surface area contributed by atoms with Crippen LogP contribution < -0.4 is 9.64 Å². The van der Waals surface area contributed by atoms with E-state index in [-0.39, 0.29) is 18.4 Å². The number of imidazole rings is 1. The lowest BCUT2D eigenvalue weighted by Gasteiger charge is -2.19. The molecule has 0 aliphatic carbocycles. The third-order valence-electron chi connectivity index (χ3n) is 6.87. The molecule has 5 rings (SSSR count). The lowest BCUT2D eigenvalue weighted by Crippen LogP contribution is -2.26. The molecule has 1 saturated heterocycles. The second-order valence-electron chi connectivity index (χ2n) is 10.0. The molecule has 0 spiro atoms. The highest BCUT2D eigenvalue weighted by atomic mass is 16.5. The van der Waals surface area contributed by atoms with Gasteiger partial charge in [-0.1, -0.05) is 50.2 Å². The highest BCUT2D eigenvalue weighted by Crippen LogP contribution is 2.33. The Labute approximate surface area is 212 Å². The molecule has 2 atom stereocenters. The Bertz CT molecular complexity index is 1360.